The minimum atomic E-state index is 0.700. The summed E-state index contributed by atoms with van der Waals surface area (Å²) >= 11 is 0. The topological polar surface area (TPSA) is 9.23 Å². The highest BCUT2D eigenvalue weighted by atomic mass is 16.5. The molecule has 0 aromatic heterocycles. The van der Waals surface area contributed by atoms with Gasteiger partial charge in [0.05, 0.1) is 13.2 Å². The molecule has 2 aliphatic carbocycles. The monoisotopic (exact) mass is 498 g/mol. The Balaban J connectivity index is 1.10. The Labute approximate surface area is 227 Å². The molecule has 2 aromatic rings. The highest BCUT2D eigenvalue weighted by Gasteiger charge is 2.17. The molecule has 0 amide bonds. The van der Waals surface area contributed by atoms with Gasteiger partial charge in [-0.25, -0.2) is 0 Å². The van der Waals surface area contributed by atoms with Crippen LogP contribution in [0.1, 0.15) is 125 Å². The van der Waals surface area contributed by atoms with Gasteiger partial charge in [-0.2, -0.15) is 0 Å². The van der Waals surface area contributed by atoms with Crippen LogP contribution in [0.25, 0.3) is 0 Å². The molecule has 2 unspecified atom stereocenters. The molecule has 0 N–H and O–H groups in total. The molecular formula is C36H50O. The number of unbranched alkanes of at least 4 members (excludes halogenated alkanes) is 2. The van der Waals surface area contributed by atoms with Gasteiger partial charge in [0, 0.05) is 0 Å². The SMILES string of the molecule is CCCCc1ccc(C2CC=C(CCOCCC3=CCC(c4ccc(CCCC)cc4)CC3)CC2)cc1. The van der Waals surface area contributed by atoms with Crippen molar-refractivity contribution >= 4 is 0 Å². The van der Waals surface area contributed by atoms with E-state index >= 15 is 0 Å². The molecule has 0 spiro atoms. The molecule has 2 aromatic carbocycles. The summed E-state index contributed by atoms with van der Waals surface area (Å²) in [5, 5.41) is 0. The summed E-state index contributed by atoms with van der Waals surface area (Å²) in [6.07, 6.45) is 22.2. The highest BCUT2D eigenvalue weighted by molar-refractivity contribution is 5.29. The van der Waals surface area contributed by atoms with Crippen LogP contribution in [-0.4, -0.2) is 13.2 Å². The van der Waals surface area contributed by atoms with Crippen molar-refractivity contribution in [2.45, 2.75) is 116 Å². The molecule has 0 aliphatic heterocycles. The predicted octanol–water partition coefficient (Wildman–Crippen LogP) is 10.3. The normalized spacial score (nSPS) is 19.9. The van der Waals surface area contributed by atoms with Crippen molar-refractivity contribution in [2.75, 3.05) is 13.2 Å². The molecule has 0 heterocycles. The highest BCUT2D eigenvalue weighted by Crippen LogP contribution is 2.34. The fourth-order valence-electron chi connectivity index (χ4n) is 6.02. The van der Waals surface area contributed by atoms with E-state index in [1.54, 1.807) is 11.1 Å². The van der Waals surface area contributed by atoms with Crippen molar-refractivity contribution in [3.63, 3.8) is 0 Å². The molecule has 37 heavy (non-hydrogen) atoms. The van der Waals surface area contributed by atoms with Gasteiger partial charge in [0.15, 0.2) is 0 Å². The second-order valence-corrected chi connectivity index (χ2v) is 11.5. The van der Waals surface area contributed by atoms with Crippen LogP contribution in [0.3, 0.4) is 0 Å². The molecule has 1 heteroatoms. The van der Waals surface area contributed by atoms with Crippen LogP contribution in [-0.2, 0) is 17.6 Å². The Morgan fingerprint density at radius 1 is 0.595 bits per heavy atom. The maximum absolute atomic E-state index is 6.07. The first-order valence-electron chi connectivity index (χ1n) is 15.4. The lowest BCUT2D eigenvalue weighted by Crippen LogP contribution is -2.08. The zero-order valence-corrected chi connectivity index (χ0v) is 23.7. The molecule has 0 saturated heterocycles. The first-order chi connectivity index (χ1) is 18.2. The lowest BCUT2D eigenvalue weighted by Gasteiger charge is -2.23. The smallest absolute Gasteiger partial charge is 0.0503 e. The van der Waals surface area contributed by atoms with Crippen LogP contribution in [0.2, 0.25) is 0 Å². The van der Waals surface area contributed by atoms with Crippen LogP contribution in [0.4, 0.5) is 0 Å². The molecule has 200 valence electrons. The largest absolute Gasteiger partial charge is 0.381 e. The van der Waals surface area contributed by atoms with E-state index in [4.69, 9.17) is 4.74 Å². The van der Waals surface area contributed by atoms with E-state index in [2.05, 4.69) is 74.5 Å². The van der Waals surface area contributed by atoms with Crippen LogP contribution >= 0.6 is 0 Å². The Bertz CT molecular complexity index is 897. The summed E-state index contributed by atoms with van der Waals surface area (Å²) in [7, 11) is 0. The summed E-state index contributed by atoms with van der Waals surface area (Å²) in [4.78, 5) is 0. The third kappa shape index (κ3) is 8.99. The summed E-state index contributed by atoms with van der Waals surface area (Å²) in [6.45, 7) is 6.29. The molecule has 2 atom stereocenters. The van der Waals surface area contributed by atoms with Crippen molar-refractivity contribution in [1.29, 1.82) is 0 Å². The number of ether oxygens (including phenoxy) is 1. The van der Waals surface area contributed by atoms with E-state index in [-0.39, 0.29) is 0 Å². The van der Waals surface area contributed by atoms with Gasteiger partial charge < -0.3 is 4.74 Å². The van der Waals surface area contributed by atoms with E-state index < -0.39 is 0 Å². The minimum Gasteiger partial charge on any atom is -0.381 e. The molecular weight excluding hydrogens is 448 g/mol. The third-order valence-corrected chi connectivity index (χ3v) is 8.69. The van der Waals surface area contributed by atoms with Gasteiger partial charge in [-0.3, -0.25) is 0 Å². The maximum Gasteiger partial charge on any atom is 0.0503 e. The number of aryl methyl sites for hydroxylation is 2. The Morgan fingerprint density at radius 3 is 1.38 bits per heavy atom. The number of hydrogen-bond acceptors (Lipinski definition) is 1. The Kier molecular flexibility index (Phi) is 11.6. The van der Waals surface area contributed by atoms with Gasteiger partial charge in [0.2, 0.25) is 0 Å². The van der Waals surface area contributed by atoms with E-state index in [1.807, 2.05) is 0 Å². The fourth-order valence-corrected chi connectivity index (χ4v) is 6.02. The molecule has 1 nitrogen and oxygen atoms in total. The number of rotatable bonds is 14. The lowest BCUT2D eigenvalue weighted by atomic mass is 9.83. The summed E-state index contributed by atoms with van der Waals surface area (Å²) < 4.78 is 6.07. The minimum absolute atomic E-state index is 0.700. The number of allylic oxidation sites excluding steroid dienone is 2. The Morgan fingerprint density at radius 2 is 1.03 bits per heavy atom. The standard InChI is InChI=1S/C36H50O/c1-3-5-7-29-9-17-33(18-10-29)35-21-13-31(14-22-35)25-27-37-28-26-32-15-23-36(24-16-32)34-19-11-30(12-20-34)8-6-4-2/h9-13,15,17-20,35-36H,3-8,14,16,21-28H2,1-2H3. The van der Waals surface area contributed by atoms with E-state index in [0.29, 0.717) is 11.8 Å². The maximum atomic E-state index is 6.07. The molecule has 0 bridgehead atoms. The number of hydrogen-bond donors (Lipinski definition) is 0. The third-order valence-electron chi connectivity index (χ3n) is 8.69. The van der Waals surface area contributed by atoms with E-state index in [9.17, 15) is 0 Å². The first-order valence-corrected chi connectivity index (χ1v) is 15.4. The first kappa shape index (κ1) is 27.9. The second kappa shape index (κ2) is 15.3. The zero-order valence-electron chi connectivity index (χ0n) is 23.7. The fraction of sp³-hybridized carbons (Fsp3) is 0.556. The van der Waals surface area contributed by atoms with Crippen molar-refractivity contribution in [2.24, 2.45) is 0 Å². The molecule has 0 radical (unpaired) electrons. The van der Waals surface area contributed by atoms with E-state index in [0.717, 1.165) is 26.1 Å². The average molecular weight is 499 g/mol. The zero-order chi connectivity index (χ0) is 25.7. The van der Waals surface area contributed by atoms with Crippen molar-refractivity contribution in [1.82, 2.24) is 0 Å². The molecule has 2 aliphatic rings. The van der Waals surface area contributed by atoms with Crippen LogP contribution in [0.5, 0.6) is 0 Å². The van der Waals surface area contributed by atoms with Gasteiger partial charge >= 0.3 is 0 Å². The lowest BCUT2D eigenvalue weighted by molar-refractivity contribution is 0.138. The second-order valence-electron chi connectivity index (χ2n) is 11.5. The predicted molar refractivity (Wildman–Crippen MR) is 160 cm³/mol. The molecule has 0 saturated carbocycles. The van der Waals surface area contributed by atoms with Crippen molar-refractivity contribution < 1.29 is 4.74 Å². The van der Waals surface area contributed by atoms with Crippen LogP contribution < -0.4 is 0 Å². The average Bonchev–Trinajstić information content (AvgIpc) is 2.96. The Hall–Kier alpha value is -2.12. The van der Waals surface area contributed by atoms with Gasteiger partial charge in [-0.15, -0.1) is 0 Å². The van der Waals surface area contributed by atoms with Crippen LogP contribution in [0, 0.1) is 0 Å². The van der Waals surface area contributed by atoms with Gasteiger partial charge in [-0.1, -0.05) is 98.5 Å². The summed E-state index contributed by atoms with van der Waals surface area (Å²) in [6, 6.07) is 18.9. The van der Waals surface area contributed by atoms with E-state index in [1.165, 1.54) is 99.3 Å². The van der Waals surface area contributed by atoms with Crippen molar-refractivity contribution in [3.05, 3.63) is 94.1 Å². The molecule has 0 fully saturated rings. The summed E-state index contributed by atoms with van der Waals surface area (Å²) in [5.41, 5.74) is 9.25. The molecule has 4 rings (SSSR count). The van der Waals surface area contributed by atoms with Gasteiger partial charge in [0.25, 0.3) is 0 Å². The van der Waals surface area contributed by atoms with Gasteiger partial charge in [0.1, 0.15) is 0 Å². The summed E-state index contributed by atoms with van der Waals surface area (Å²) in [5.74, 6) is 1.40. The van der Waals surface area contributed by atoms with Gasteiger partial charge in [-0.05, 0) is 111 Å². The number of benzene rings is 2. The van der Waals surface area contributed by atoms with Crippen molar-refractivity contribution in [3.8, 4) is 0 Å². The van der Waals surface area contributed by atoms with Crippen LogP contribution in [0.15, 0.2) is 71.8 Å². The quantitative estimate of drug-likeness (QED) is 0.186.